The average Bonchev–Trinajstić information content (AvgIpc) is 2.39. The van der Waals surface area contributed by atoms with Crippen LogP contribution in [0.5, 0.6) is 0 Å². The number of hydrogen-bond donors (Lipinski definition) is 0. The van der Waals surface area contributed by atoms with Gasteiger partial charge in [-0.2, -0.15) is 0 Å². The van der Waals surface area contributed by atoms with Crippen LogP contribution in [0.1, 0.15) is 54.8 Å². The topological polar surface area (TPSA) is 34.1 Å². The van der Waals surface area contributed by atoms with Crippen LogP contribution >= 0.6 is 0 Å². The standard InChI is InChI=1S/C13H12O2.C2H6/c1-3-9-8(2)12(14)10-6-4-5-7-11(10)13(9)15;1-2/h4-7H,3H2,1-2H3;1-2H3. The van der Waals surface area contributed by atoms with Gasteiger partial charge in [0.25, 0.3) is 0 Å². The van der Waals surface area contributed by atoms with E-state index < -0.39 is 0 Å². The van der Waals surface area contributed by atoms with Crippen molar-refractivity contribution in [3.8, 4) is 0 Å². The van der Waals surface area contributed by atoms with Gasteiger partial charge in [-0.1, -0.05) is 45.0 Å². The Labute approximate surface area is 102 Å². The van der Waals surface area contributed by atoms with Gasteiger partial charge in [0.05, 0.1) is 0 Å². The summed E-state index contributed by atoms with van der Waals surface area (Å²) in [7, 11) is 0. The molecule has 17 heavy (non-hydrogen) atoms. The molecule has 0 spiro atoms. The van der Waals surface area contributed by atoms with E-state index in [1.807, 2.05) is 20.8 Å². The lowest BCUT2D eigenvalue weighted by molar-refractivity contribution is 0.0972. The molecule has 2 heteroatoms. The molecule has 0 amide bonds. The van der Waals surface area contributed by atoms with Gasteiger partial charge in [0.2, 0.25) is 0 Å². The summed E-state index contributed by atoms with van der Waals surface area (Å²) in [5, 5.41) is 0. The summed E-state index contributed by atoms with van der Waals surface area (Å²) in [5.41, 5.74) is 2.34. The third kappa shape index (κ3) is 2.21. The lowest BCUT2D eigenvalue weighted by atomic mass is 9.84. The van der Waals surface area contributed by atoms with Gasteiger partial charge in [0.1, 0.15) is 0 Å². The number of Topliss-reactive ketones (excluding diaryl/α,β-unsaturated/α-hetero) is 2. The van der Waals surface area contributed by atoms with Crippen molar-refractivity contribution in [2.75, 3.05) is 0 Å². The maximum atomic E-state index is 12.0. The maximum Gasteiger partial charge on any atom is 0.190 e. The van der Waals surface area contributed by atoms with Gasteiger partial charge in [-0.3, -0.25) is 9.59 Å². The number of carbonyl (C=O) groups is 2. The van der Waals surface area contributed by atoms with Crippen LogP contribution in [-0.2, 0) is 0 Å². The van der Waals surface area contributed by atoms with E-state index >= 15 is 0 Å². The smallest absolute Gasteiger partial charge is 0.190 e. The number of allylic oxidation sites excluding steroid dienone is 2. The molecule has 1 aliphatic rings. The van der Waals surface area contributed by atoms with E-state index in [4.69, 9.17) is 0 Å². The Bertz CT molecular complexity index is 481. The molecule has 0 saturated heterocycles. The quantitative estimate of drug-likeness (QED) is 0.735. The average molecular weight is 230 g/mol. The van der Waals surface area contributed by atoms with Crippen molar-refractivity contribution in [3.63, 3.8) is 0 Å². The molecule has 0 saturated carbocycles. The number of fused-ring (bicyclic) bond motifs is 1. The number of benzene rings is 1. The maximum absolute atomic E-state index is 12.0. The fourth-order valence-corrected chi connectivity index (χ4v) is 1.98. The van der Waals surface area contributed by atoms with Crippen LogP contribution in [0, 0.1) is 0 Å². The van der Waals surface area contributed by atoms with Crippen LogP contribution < -0.4 is 0 Å². The molecule has 0 aromatic heterocycles. The van der Waals surface area contributed by atoms with Crippen LogP contribution in [0.2, 0.25) is 0 Å². The molecule has 0 heterocycles. The second-order valence-corrected chi connectivity index (χ2v) is 3.66. The molecule has 1 aliphatic carbocycles. The number of carbonyl (C=O) groups excluding carboxylic acids is 2. The van der Waals surface area contributed by atoms with Gasteiger partial charge in [-0.05, 0) is 13.3 Å². The van der Waals surface area contributed by atoms with Gasteiger partial charge in [0, 0.05) is 22.3 Å². The first-order valence-corrected chi connectivity index (χ1v) is 6.05. The van der Waals surface area contributed by atoms with Gasteiger partial charge in [-0.25, -0.2) is 0 Å². The van der Waals surface area contributed by atoms with E-state index in [0.29, 0.717) is 28.7 Å². The molecule has 0 N–H and O–H groups in total. The summed E-state index contributed by atoms with van der Waals surface area (Å²) in [6, 6.07) is 7.01. The number of hydrogen-bond acceptors (Lipinski definition) is 2. The first-order chi connectivity index (χ1) is 8.16. The van der Waals surface area contributed by atoms with Crippen LogP contribution in [0.15, 0.2) is 35.4 Å². The van der Waals surface area contributed by atoms with Crippen LogP contribution in [-0.4, -0.2) is 11.6 Å². The third-order valence-electron chi connectivity index (χ3n) is 2.84. The second-order valence-electron chi connectivity index (χ2n) is 3.66. The van der Waals surface area contributed by atoms with E-state index in [2.05, 4.69) is 0 Å². The first-order valence-electron chi connectivity index (χ1n) is 6.05. The van der Waals surface area contributed by atoms with E-state index in [9.17, 15) is 9.59 Å². The Kier molecular flexibility index (Phi) is 4.38. The van der Waals surface area contributed by atoms with Crippen LogP contribution in [0.25, 0.3) is 0 Å². The number of ketones is 2. The number of rotatable bonds is 1. The summed E-state index contributed by atoms with van der Waals surface area (Å²) in [4.78, 5) is 23.9. The summed E-state index contributed by atoms with van der Waals surface area (Å²) in [6.45, 7) is 7.63. The third-order valence-corrected chi connectivity index (χ3v) is 2.84. The second kappa shape index (κ2) is 5.58. The van der Waals surface area contributed by atoms with Gasteiger partial charge >= 0.3 is 0 Å². The Balaban J connectivity index is 0.000000686. The molecular weight excluding hydrogens is 212 g/mol. The molecule has 0 aliphatic heterocycles. The lowest BCUT2D eigenvalue weighted by Gasteiger charge is -2.17. The largest absolute Gasteiger partial charge is 0.289 e. The minimum absolute atomic E-state index is 0.00481. The van der Waals surface area contributed by atoms with E-state index in [1.165, 1.54) is 0 Å². The zero-order chi connectivity index (χ0) is 13.0. The molecule has 0 bridgehead atoms. The van der Waals surface area contributed by atoms with E-state index in [0.717, 1.165) is 0 Å². The summed E-state index contributed by atoms with van der Waals surface area (Å²) >= 11 is 0. The van der Waals surface area contributed by atoms with Crippen LogP contribution in [0.3, 0.4) is 0 Å². The van der Waals surface area contributed by atoms with Gasteiger partial charge < -0.3 is 0 Å². The highest BCUT2D eigenvalue weighted by atomic mass is 16.1. The normalized spacial score (nSPS) is 14.1. The van der Waals surface area contributed by atoms with Crippen molar-refractivity contribution in [2.45, 2.75) is 34.1 Å². The summed E-state index contributed by atoms with van der Waals surface area (Å²) < 4.78 is 0. The zero-order valence-electron chi connectivity index (χ0n) is 10.8. The Morgan fingerprint density at radius 2 is 1.41 bits per heavy atom. The Morgan fingerprint density at radius 3 is 1.88 bits per heavy atom. The van der Waals surface area contributed by atoms with Gasteiger partial charge in [0.15, 0.2) is 11.6 Å². The molecule has 1 aromatic carbocycles. The molecular formula is C15H18O2. The Morgan fingerprint density at radius 1 is 0.941 bits per heavy atom. The molecule has 1 aromatic rings. The lowest BCUT2D eigenvalue weighted by Crippen LogP contribution is -2.20. The minimum Gasteiger partial charge on any atom is -0.289 e. The molecule has 2 rings (SSSR count). The highest BCUT2D eigenvalue weighted by Gasteiger charge is 2.27. The molecule has 0 atom stereocenters. The van der Waals surface area contributed by atoms with Crippen molar-refractivity contribution in [2.24, 2.45) is 0 Å². The fourth-order valence-electron chi connectivity index (χ4n) is 1.98. The summed E-state index contributed by atoms with van der Waals surface area (Å²) in [6.07, 6.45) is 0.616. The van der Waals surface area contributed by atoms with Crippen molar-refractivity contribution in [3.05, 3.63) is 46.5 Å². The van der Waals surface area contributed by atoms with Crippen LogP contribution in [0.4, 0.5) is 0 Å². The minimum atomic E-state index is -0.0120. The highest BCUT2D eigenvalue weighted by Crippen LogP contribution is 2.27. The molecule has 2 nitrogen and oxygen atoms in total. The summed E-state index contributed by atoms with van der Waals surface area (Å²) in [5.74, 6) is -0.00718. The zero-order valence-corrected chi connectivity index (χ0v) is 10.8. The molecule has 90 valence electrons. The molecule has 0 radical (unpaired) electrons. The van der Waals surface area contributed by atoms with Crippen molar-refractivity contribution < 1.29 is 9.59 Å². The van der Waals surface area contributed by atoms with Crippen molar-refractivity contribution >= 4 is 11.6 Å². The molecule has 0 unspecified atom stereocenters. The first kappa shape index (κ1) is 13.4. The Hall–Kier alpha value is -1.70. The van der Waals surface area contributed by atoms with E-state index in [-0.39, 0.29) is 11.6 Å². The fraction of sp³-hybridized carbons (Fsp3) is 0.333. The van der Waals surface area contributed by atoms with Crippen molar-refractivity contribution in [1.82, 2.24) is 0 Å². The highest BCUT2D eigenvalue weighted by molar-refractivity contribution is 6.26. The predicted octanol–water partition coefficient (Wildman–Crippen LogP) is 3.82. The van der Waals surface area contributed by atoms with Crippen molar-refractivity contribution in [1.29, 1.82) is 0 Å². The predicted molar refractivity (Wildman–Crippen MR) is 69.4 cm³/mol. The van der Waals surface area contributed by atoms with E-state index in [1.54, 1.807) is 31.2 Å². The SMILES string of the molecule is CC.CCC1=C(C)C(=O)c2ccccc2C1=O. The van der Waals surface area contributed by atoms with Gasteiger partial charge in [-0.15, -0.1) is 0 Å². The molecule has 0 fully saturated rings. The monoisotopic (exact) mass is 230 g/mol.